The molecule has 3 fully saturated rings. The van der Waals surface area contributed by atoms with E-state index in [4.69, 9.17) is 5.73 Å². The molecule has 3 aliphatic rings. The summed E-state index contributed by atoms with van der Waals surface area (Å²) in [7, 11) is 0. The lowest BCUT2D eigenvalue weighted by molar-refractivity contribution is -0.177. The molecule has 2 saturated carbocycles. The summed E-state index contributed by atoms with van der Waals surface area (Å²) in [4.78, 5) is 43.5. The van der Waals surface area contributed by atoms with Gasteiger partial charge in [-0.05, 0) is 57.4 Å². The molecule has 1 amide bonds. The van der Waals surface area contributed by atoms with E-state index in [2.05, 4.69) is 11.9 Å². The number of Topliss-reactive ketones (excluding diaryl/α,β-unsaturated/α-hetero) is 2. The number of fused-ring (bicyclic) bond motifs is 1. The van der Waals surface area contributed by atoms with Gasteiger partial charge in [-0.1, -0.05) is 78.7 Å². The summed E-state index contributed by atoms with van der Waals surface area (Å²) in [5, 5.41) is 3.75. The number of carbonyl (C=O) groups excluding carboxylic acids is 3. The highest BCUT2D eigenvalue weighted by Crippen LogP contribution is 2.44. The van der Waals surface area contributed by atoms with Crippen molar-refractivity contribution in [2.45, 2.75) is 147 Å². The number of ketones is 2. The Labute approximate surface area is 225 Å². The fourth-order valence-corrected chi connectivity index (χ4v) is 7.58. The molecule has 0 bridgehead atoms. The summed E-state index contributed by atoms with van der Waals surface area (Å²) in [6.07, 6.45) is 14.2. The topological polar surface area (TPSA) is 92.5 Å². The summed E-state index contributed by atoms with van der Waals surface area (Å²) in [5.41, 5.74) is 5.35. The van der Waals surface area contributed by atoms with Gasteiger partial charge in [-0.2, -0.15) is 0 Å². The van der Waals surface area contributed by atoms with E-state index in [1.807, 2.05) is 25.7 Å². The van der Waals surface area contributed by atoms with Crippen molar-refractivity contribution in [2.24, 2.45) is 17.6 Å². The number of nitrogens with one attached hydrogen (secondary N) is 1. The van der Waals surface area contributed by atoms with Crippen LogP contribution in [0.4, 0.5) is 0 Å². The minimum Gasteiger partial charge on any atom is -0.328 e. The molecule has 1 heterocycles. The molecule has 0 radical (unpaired) electrons. The lowest BCUT2D eigenvalue weighted by Crippen LogP contribution is -2.75. The van der Waals surface area contributed by atoms with Crippen LogP contribution in [0.3, 0.4) is 0 Å². The number of β-lactam (4-membered cyclic amide) rings is 1. The molecule has 0 aromatic carbocycles. The Morgan fingerprint density at radius 3 is 2.03 bits per heavy atom. The molecule has 1 unspecified atom stereocenters. The Morgan fingerprint density at radius 1 is 0.919 bits per heavy atom. The van der Waals surface area contributed by atoms with E-state index in [1.54, 1.807) is 6.92 Å². The van der Waals surface area contributed by atoms with Gasteiger partial charge < -0.3 is 16.0 Å². The maximum absolute atomic E-state index is 14.7. The Bertz CT molecular complexity index is 830. The van der Waals surface area contributed by atoms with E-state index in [-0.39, 0.29) is 47.9 Å². The maximum atomic E-state index is 14.7. The summed E-state index contributed by atoms with van der Waals surface area (Å²) in [6, 6.07) is 0.0218. The maximum Gasteiger partial charge on any atom is 0.228 e. The third-order valence-electron chi connectivity index (χ3n) is 10.1. The fraction of sp³-hybridized carbons (Fsp3) is 0.839. The van der Waals surface area contributed by atoms with Crippen LogP contribution >= 0.6 is 0 Å². The largest absolute Gasteiger partial charge is 0.328 e. The number of hydrogen-bond acceptors (Lipinski definition) is 5. The highest BCUT2D eigenvalue weighted by molar-refractivity contribution is 6.02. The molecule has 5 atom stereocenters. The summed E-state index contributed by atoms with van der Waals surface area (Å²) in [6.45, 7) is 12.0. The van der Waals surface area contributed by atoms with Crippen LogP contribution < -0.4 is 11.1 Å². The first-order valence-corrected chi connectivity index (χ1v) is 15.3. The SMILES string of the molecule is C=C(C)C(=O)C(CC)(CC)N[C@H]1CCCCCC[C@H]1C(=O)C(CC)(CN)N1C(=O)[C@@H]2CCCCCC[C@@H]21. The quantitative estimate of drug-likeness (QED) is 0.281. The van der Waals surface area contributed by atoms with Crippen LogP contribution in [-0.4, -0.2) is 52.1 Å². The third-order valence-corrected chi connectivity index (χ3v) is 10.1. The fourth-order valence-electron chi connectivity index (χ4n) is 7.58. The lowest BCUT2D eigenvalue weighted by Gasteiger charge is -2.58. The Kier molecular flexibility index (Phi) is 10.6. The van der Waals surface area contributed by atoms with Crippen LogP contribution in [0.15, 0.2) is 12.2 Å². The molecule has 2 aliphatic carbocycles. The second-order valence-corrected chi connectivity index (χ2v) is 12.1. The minimum atomic E-state index is -0.958. The van der Waals surface area contributed by atoms with Gasteiger partial charge >= 0.3 is 0 Å². The highest BCUT2D eigenvalue weighted by atomic mass is 16.2. The summed E-state index contributed by atoms with van der Waals surface area (Å²) < 4.78 is 0. The number of nitrogens with zero attached hydrogens (tertiary/aromatic N) is 1. The zero-order chi connectivity index (χ0) is 27.2. The molecule has 0 aromatic rings. The van der Waals surface area contributed by atoms with Crippen molar-refractivity contribution in [2.75, 3.05) is 6.54 Å². The van der Waals surface area contributed by atoms with Crippen molar-refractivity contribution in [3.05, 3.63) is 12.2 Å². The standard InChI is InChI=1S/C31H53N3O3/c1-6-30(7-2,27(35)22(4)5)33-25-19-15-11-9-13-17-23(25)28(36)31(8-3,21-32)34-26-20-16-12-10-14-18-24(26)29(34)37/h23-26,33H,4,6-21,32H2,1-3,5H3/t23-,24-,25+,26+,31?/m1/s1. The number of nitrogens with two attached hydrogens (primary N) is 1. The molecule has 0 spiro atoms. The first-order chi connectivity index (χ1) is 17.7. The van der Waals surface area contributed by atoms with Crippen LogP contribution in [0.5, 0.6) is 0 Å². The van der Waals surface area contributed by atoms with Gasteiger partial charge in [0, 0.05) is 24.5 Å². The first-order valence-electron chi connectivity index (χ1n) is 15.3. The second kappa shape index (κ2) is 13.0. The van der Waals surface area contributed by atoms with Gasteiger partial charge in [0.15, 0.2) is 11.6 Å². The highest BCUT2D eigenvalue weighted by Gasteiger charge is 2.59. The molecule has 1 aliphatic heterocycles. The average Bonchev–Trinajstić information content (AvgIpc) is 2.87. The van der Waals surface area contributed by atoms with Gasteiger partial charge in [-0.25, -0.2) is 0 Å². The first kappa shape index (κ1) is 30.0. The average molecular weight is 516 g/mol. The smallest absolute Gasteiger partial charge is 0.228 e. The second-order valence-electron chi connectivity index (χ2n) is 12.1. The Hall–Kier alpha value is -1.53. The van der Waals surface area contributed by atoms with Crippen molar-refractivity contribution < 1.29 is 14.4 Å². The number of carbonyl (C=O) groups is 3. The van der Waals surface area contributed by atoms with E-state index in [9.17, 15) is 14.4 Å². The van der Waals surface area contributed by atoms with Crippen LogP contribution in [-0.2, 0) is 14.4 Å². The number of hydrogen-bond donors (Lipinski definition) is 2. The number of amides is 1. The van der Waals surface area contributed by atoms with Crippen LogP contribution in [0, 0.1) is 11.8 Å². The van der Waals surface area contributed by atoms with Crippen molar-refractivity contribution >= 4 is 17.5 Å². The van der Waals surface area contributed by atoms with Crippen LogP contribution in [0.1, 0.15) is 124 Å². The van der Waals surface area contributed by atoms with Gasteiger partial charge in [-0.15, -0.1) is 0 Å². The summed E-state index contributed by atoms with van der Waals surface area (Å²) >= 11 is 0. The molecule has 1 saturated heterocycles. The van der Waals surface area contributed by atoms with E-state index in [1.165, 1.54) is 12.8 Å². The van der Waals surface area contributed by atoms with Gasteiger partial charge in [0.1, 0.15) is 5.54 Å². The molecule has 210 valence electrons. The van der Waals surface area contributed by atoms with Crippen LogP contribution in [0.25, 0.3) is 0 Å². The molecule has 3 rings (SSSR count). The van der Waals surface area contributed by atoms with Crippen molar-refractivity contribution in [3.8, 4) is 0 Å². The lowest BCUT2D eigenvalue weighted by atomic mass is 9.68. The predicted octanol–water partition coefficient (Wildman–Crippen LogP) is 5.48. The van der Waals surface area contributed by atoms with Crippen molar-refractivity contribution in [3.63, 3.8) is 0 Å². The number of likely N-dealkylation sites (tertiary alicyclic amines) is 1. The molecule has 37 heavy (non-hydrogen) atoms. The molecular weight excluding hydrogens is 462 g/mol. The number of rotatable bonds is 11. The van der Waals surface area contributed by atoms with Crippen molar-refractivity contribution in [1.82, 2.24) is 10.2 Å². The zero-order valence-electron chi connectivity index (χ0n) is 24.1. The normalized spacial score (nSPS) is 29.0. The monoisotopic (exact) mass is 515 g/mol. The Balaban J connectivity index is 1.97. The van der Waals surface area contributed by atoms with Gasteiger partial charge in [0.05, 0.1) is 11.5 Å². The third kappa shape index (κ3) is 5.75. The van der Waals surface area contributed by atoms with Gasteiger partial charge in [-0.3, -0.25) is 14.4 Å². The zero-order valence-corrected chi connectivity index (χ0v) is 24.1. The molecule has 6 nitrogen and oxygen atoms in total. The van der Waals surface area contributed by atoms with E-state index < -0.39 is 11.1 Å². The van der Waals surface area contributed by atoms with Crippen molar-refractivity contribution in [1.29, 1.82) is 0 Å². The van der Waals surface area contributed by atoms with E-state index in [0.29, 0.717) is 24.8 Å². The molecular formula is C31H53N3O3. The van der Waals surface area contributed by atoms with Gasteiger partial charge in [0.25, 0.3) is 0 Å². The Morgan fingerprint density at radius 2 is 1.49 bits per heavy atom. The summed E-state index contributed by atoms with van der Waals surface area (Å²) in [5.74, 6) is 0.0885. The minimum absolute atomic E-state index is 0.0432. The molecule has 3 N–H and O–H groups in total. The van der Waals surface area contributed by atoms with E-state index in [0.717, 1.165) is 64.2 Å². The molecule has 0 aromatic heterocycles. The molecule has 6 heteroatoms. The van der Waals surface area contributed by atoms with Crippen LogP contribution in [0.2, 0.25) is 0 Å². The predicted molar refractivity (Wildman–Crippen MR) is 150 cm³/mol. The van der Waals surface area contributed by atoms with Gasteiger partial charge in [0.2, 0.25) is 5.91 Å². The van der Waals surface area contributed by atoms with E-state index >= 15 is 0 Å².